The van der Waals surface area contributed by atoms with Gasteiger partial charge < -0.3 is 10.6 Å². The van der Waals surface area contributed by atoms with Crippen LogP contribution in [0.4, 0.5) is 11.4 Å². The normalized spacial score (nSPS) is 18.3. The van der Waals surface area contributed by atoms with Gasteiger partial charge in [0.05, 0.1) is 17.6 Å². The summed E-state index contributed by atoms with van der Waals surface area (Å²) in [7, 11) is 0. The molecule has 0 aromatic heterocycles. The maximum absolute atomic E-state index is 12.8. The summed E-state index contributed by atoms with van der Waals surface area (Å²) in [6.07, 6.45) is 3.75. The number of rotatable bonds is 6. The van der Waals surface area contributed by atoms with Crippen LogP contribution < -0.4 is 10.6 Å². The number of hydrogen-bond acceptors (Lipinski definition) is 4. The molecule has 2 aromatic rings. The Morgan fingerprint density at radius 3 is 2.54 bits per heavy atom. The van der Waals surface area contributed by atoms with Crippen molar-refractivity contribution in [3.05, 3.63) is 54.6 Å². The summed E-state index contributed by atoms with van der Waals surface area (Å²) in [6, 6.07) is 17.0. The first-order chi connectivity index (χ1) is 13.6. The molecule has 2 aromatic carbocycles. The maximum atomic E-state index is 12.8. The van der Waals surface area contributed by atoms with Gasteiger partial charge in [-0.3, -0.25) is 14.5 Å². The van der Waals surface area contributed by atoms with Crippen molar-refractivity contribution in [1.29, 1.82) is 0 Å². The van der Waals surface area contributed by atoms with E-state index in [0.717, 1.165) is 35.7 Å². The molecule has 6 heteroatoms. The Labute approximate surface area is 170 Å². The number of piperidine rings is 1. The fourth-order valence-corrected chi connectivity index (χ4v) is 4.04. The number of thioether (sulfide) groups is 1. The lowest BCUT2D eigenvalue weighted by atomic mass is 9.95. The highest BCUT2D eigenvalue weighted by Gasteiger charge is 2.31. The van der Waals surface area contributed by atoms with Gasteiger partial charge in [0.2, 0.25) is 11.8 Å². The molecule has 0 aliphatic carbocycles. The molecule has 2 N–H and O–H groups in total. The Bertz CT molecular complexity index is 812. The van der Waals surface area contributed by atoms with Crippen LogP contribution in [0.2, 0.25) is 0 Å². The van der Waals surface area contributed by atoms with E-state index in [2.05, 4.69) is 15.5 Å². The van der Waals surface area contributed by atoms with Gasteiger partial charge in [-0.25, -0.2) is 0 Å². The maximum Gasteiger partial charge on any atom is 0.241 e. The molecule has 0 spiro atoms. The lowest BCUT2D eigenvalue weighted by molar-refractivity contribution is -0.125. The number of anilines is 2. The fraction of sp³-hybridized carbons (Fsp3) is 0.364. The highest BCUT2D eigenvalue weighted by atomic mass is 32.2. The summed E-state index contributed by atoms with van der Waals surface area (Å²) in [5.41, 5.74) is 1.64. The molecular formula is C22H27N3O2S. The molecule has 1 aliphatic heterocycles. The van der Waals surface area contributed by atoms with Crippen LogP contribution >= 0.6 is 11.8 Å². The molecular weight excluding hydrogens is 370 g/mol. The minimum Gasteiger partial charge on any atom is -0.326 e. The monoisotopic (exact) mass is 397 g/mol. The topological polar surface area (TPSA) is 61.4 Å². The predicted octanol–water partition coefficient (Wildman–Crippen LogP) is 4.09. The highest BCUT2D eigenvalue weighted by Crippen LogP contribution is 2.26. The van der Waals surface area contributed by atoms with E-state index in [1.54, 1.807) is 11.8 Å². The Hall–Kier alpha value is -2.31. The summed E-state index contributed by atoms with van der Waals surface area (Å²) in [5, 5.41) is 6.03. The van der Waals surface area contributed by atoms with E-state index < -0.39 is 0 Å². The first kappa shape index (κ1) is 20.4. The van der Waals surface area contributed by atoms with E-state index >= 15 is 0 Å². The van der Waals surface area contributed by atoms with Gasteiger partial charge in [-0.2, -0.15) is 0 Å². The SMILES string of the molecule is CSc1ccccc1NC(=O)C(C)N1CCCC(C(=O)Nc2ccccc2)C1. The number of hydrogen-bond donors (Lipinski definition) is 2. The summed E-state index contributed by atoms with van der Waals surface area (Å²) in [5.74, 6) is -0.121. The number of carbonyl (C=O) groups excluding carboxylic acids is 2. The number of benzene rings is 2. The van der Waals surface area contributed by atoms with Crippen LogP contribution in [0, 0.1) is 5.92 Å². The lowest BCUT2D eigenvalue weighted by Crippen LogP contribution is -2.49. The standard InChI is InChI=1S/C22H27N3O2S/c1-16(21(26)24-19-12-6-7-13-20(19)28-2)25-14-8-9-17(15-25)22(27)23-18-10-4-3-5-11-18/h3-7,10-13,16-17H,8-9,14-15H2,1-2H3,(H,23,27)(H,24,26). The van der Waals surface area contributed by atoms with Crippen LogP contribution in [0.3, 0.4) is 0 Å². The molecule has 0 bridgehead atoms. The van der Waals surface area contributed by atoms with Gasteiger partial charge in [0.25, 0.3) is 0 Å². The third-order valence-electron chi connectivity index (χ3n) is 5.16. The zero-order valence-corrected chi connectivity index (χ0v) is 17.2. The zero-order chi connectivity index (χ0) is 19.9. The molecule has 0 radical (unpaired) electrons. The average Bonchev–Trinajstić information content (AvgIpc) is 2.74. The van der Waals surface area contributed by atoms with Crippen molar-refractivity contribution in [3.63, 3.8) is 0 Å². The van der Waals surface area contributed by atoms with Gasteiger partial charge in [0, 0.05) is 17.1 Å². The van der Waals surface area contributed by atoms with E-state index in [1.165, 1.54) is 0 Å². The minimum atomic E-state index is -0.290. The Morgan fingerprint density at radius 1 is 1.07 bits per heavy atom. The largest absolute Gasteiger partial charge is 0.326 e. The van der Waals surface area contributed by atoms with Crippen molar-refractivity contribution in [2.45, 2.75) is 30.7 Å². The van der Waals surface area contributed by atoms with Crippen LogP contribution in [0.25, 0.3) is 0 Å². The Balaban J connectivity index is 1.59. The molecule has 2 amide bonds. The third kappa shape index (κ3) is 5.14. The van der Waals surface area contributed by atoms with Crippen LogP contribution in [0.1, 0.15) is 19.8 Å². The van der Waals surface area contributed by atoms with Gasteiger partial charge in [-0.15, -0.1) is 11.8 Å². The van der Waals surface area contributed by atoms with Crippen LogP contribution in [0.5, 0.6) is 0 Å². The second kappa shape index (κ2) is 9.75. The molecule has 1 aliphatic rings. The second-order valence-electron chi connectivity index (χ2n) is 7.05. The van der Waals surface area contributed by atoms with Crippen molar-refractivity contribution < 1.29 is 9.59 Å². The lowest BCUT2D eigenvalue weighted by Gasteiger charge is -2.35. The Morgan fingerprint density at radius 2 is 1.79 bits per heavy atom. The van der Waals surface area contributed by atoms with Crippen molar-refractivity contribution in [3.8, 4) is 0 Å². The van der Waals surface area contributed by atoms with Crippen LogP contribution in [0.15, 0.2) is 59.5 Å². The van der Waals surface area contributed by atoms with Crippen LogP contribution in [-0.2, 0) is 9.59 Å². The number of amides is 2. The van der Waals surface area contributed by atoms with Crippen molar-refractivity contribution in [2.24, 2.45) is 5.92 Å². The van der Waals surface area contributed by atoms with Gasteiger partial charge >= 0.3 is 0 Å². The van der Waals surface area contributed by atoms with Crippen molar-refractivity contribution in [1.82, 2.24) is 4.90 Å². The van der Waals surface area contributed by atoms with E-state index in [4.69, 9.17) is 0 Å². The van der Waals surface area contributed by atoms with Crippen molar-refractivity contribution in [2.75, 3.05) is 30.0 Å². The van der Waals surface area contributed by atoms with E-state index in [1.807, 2.05) is 67.8 Å². The fourth-order valence-electron chi connectivity index (χ4n) is 3.49. The molecule has 1 saturated heterocycles. The summed E-state index contributed by atoms with van der Waals surface area (Å²) in [4.78, 5) is 28.6. The molecule has 0 saturated carbocycles. The Kier molecular flexibility index (Phi) is 7.12. The molecule has 2 unspecified atom stereocenters. The molecule has 28 heavy (non-hydrogen) atoms. The second-order valence-corrected chi connectivity index (χ2v) is 7.90. The van der Waals surface area contributed by atoms with Gasteiger partial charge in [0.15, 0.2) is 0 Å². The number of nitrogens with zero attached hydrogens (tertiary/aromatic N) is 1. The highest BCUT2D eigenvalue weighted by molar-refractivity contribution is 7.98. The number of nitrogens with one attached hydrogen (secondary N) is 2. The third-order valence-corrected chi connectivity index (χ3v) is 5.95. The summed E-state index contributed by atoms with van der Waals surface area (Å²) >= 11 is 1.61. The number of carbonyl (C=O) groups is 2. The van der Waals surface area contributed by atoms with E-state index in [0.29, 0.717) is 6.54 Å². The number of para-hydroxylation sites is 2. The first-order valence-corrected chi connectivity index (χ1v) is 10.8. The average molecular weight is 398 g/mol. The van der Waals surface area contributed by atoms with Crippen molar-refractivity contribution >= 4 is 35.0 Å². The molecule has 148 valence electrons. The van der Waals surface area contributed by atoms with Gasteiger partial charge in [-0.1, -0.05) is 30.3 Å². The predicted molar refractivity (Wildman–Crippen MR) is 116 cm³/mol. The summed E-state index contributed by atoms with van der Waals surface area (Å²) in [6.45, 7) is 3.33. The van der Waals surface area contributed by atoms with Gasteiger partial charge in [0.1, 0.15) is 0 Å². The van der Waals surface area contributed by atoms with Gasteiger partial charge in [-0.05, 0) is 56.8 Å². The molecule has 1 heterocycles. The van der Waals surface area contributed by atoms with E-state index in [-0.39, 0.29) is 23.8 Å². The quantitative estimate of drug-likeness (QED) is 0.721. The van der Waals surface area contributed by atoms with E-state index in [9.17, 15) is 9.59 Å². The molecule has 5 nitrogen and oxygen atoms in total. The first-order valence-electron chi connectivity index (χ1n) is 9.62. The molecule has 2 atom stereocenters. The minimum absolute atomic E-state index is 0.0243. The smallest absolute Gasteiger partial charge is 0.241 e. The zero-order valence-electron chi connectivity index (χ0n) is 16.4. The number of likely N-dealkylation sites (tertiary alicyclic amines) is 1. The summed E-state index contributed by atoms with van der Waals surface area (Å²) < 4.78 is 0. The van der Waals surface area contributed by atoms with Crippen LogP contribution in [-0.4, -0.2) is 42.1 Å². The molecule has 1 fully saturated rings. The molecule has 3 rings (SSSR count).